The number of fused-ring (bicyclic) bond motifs is 3. The summed E-state index contributed by atoms with van der Waals surface area (Å²) in [5, 5.41) is 12.2. The van der Waals surface area contributed by atoms with Gasteiger partial charge >= 0.3 is 0 Å². The summed E-state index contributed by atoms with van der Waals surface area (Å²) in [7, 11) is 0. The van der Waals surface area contributed by atoms with E-state index in [1.807, 2.05) is 61.4 Å². The minimum Gasteiger partial charge on any atom is -0.356 e. The molecular weight excluding hydrogens is 925 g/mol. The second-order valence-electron chi connectivity index (χ2n) is 19.4. The molecule has 3 unspecified atom stereocenters. The normalized spacial score (nSPS) is 17.4. The number of aromatic nitrogens is 3. The molecule has 9 nitrogen and oxygen atoms in total. The van der Waals surface area contributed by atoms with E-state index in [1.165, 1.54) is 143 Å². The van der Waals surface area contributed by atoms with Crippen LogP contribution in [0, 0.1) is 27.7 Å². The molecule has 0 N–H and O–H groups in total. The molecule has 0 radical (unpaired) electrons. The Hall–Kier alpha value is -3.78. The Kier molecular flexibility index (Phi) is 20.7. The van der Waals surface area contributed by atoms with Crippen LogP contribution in [0.5, 0.6) is 0 Å². The summed E-state index contributed by atoms with van der Waals surface area (Å²) in [4.78, 5) is 12.2. The second kappa shape index (κ2) is 26.8. The van der Waals surface area contributed by atoms with E-state index in [0.717, 1.165) is 59.1 Å². The number of hydrogen-bond acceptors (Lipinski definition) is 12. The Morgan fingerprint density at radius 2 is 0.914 bits per heavy atom. The predicted molar refractivity (Wildman–Crippen MR) is 296 cm³/mol. The topological polar surface area (TPSA) is 87.8 Å². The standard InChI is InChI=1S/C20H28N2OS.2C19H26N2OS/c1-5-10-22(11-6-2)16-12-18-17(8-7-9-19(18)24-13-16)20-14(3)15(4)21-23-20;1-4-9-21(10-5-2)15-11-17-16(19-14(3)12-20-22-19)7-6-8-18(17)23-13-15;1-4-9-21(10-5-2)15-12-17-16(18-11-14(3)20-22-18)7-6-8-19(17)23-13-15/h7-9,16H,5-6,10-13H2,1-4H3;6-8,12,15H,4-5,9-11,13H2,1-3H3;6-8,11,15H,4-5,9-10,12-13H2,1-3H3. The fraction of sp³-hybridized carbons (Fsp3) is 0.534. The van der Waals surface area contributed by atoms with Gasteiger partial charge in [0.25, 0.3) is 0 Å². The quantitative estimate of drug-likeness (QED) is 0.0821. The molecule has 3 aromatic carbocycles. The van der Waals surface area contributed by atoms with Gasteiger partial charge in [-0.2, -0.15) is 0 Å². The van der Waals surface area contributed by atoms with Gasteiger partial charge in [0, 0.05) is 84.0 Å². The molecule has 0 spiro atoms. The Bertz CT molecular complexity index is 2530. The highest BCUT2D eigenvalue weighted by molar-refractivity contribution is 8.00. The number of hydrogen-bond donors (Lipinski definition) is 0. The van der Waals surface area contributed by atoms with Gasteiger partial charge < -0.3 is 13.6 Å². The lowest BCUT2D eigenvalue weighted by Crippen LogP contribution is -2.41. The predicted octanol–water partition coefficient (Wildman–Crippen LogP) is 14.7. The Balaban J connectivity index is 0.000000155. The van der Waals surface area contributed by atoms with Crippen molar-refractivity contribution in [2.45, 2.75) is 160 Å². The SMILES string of the molecule is CCCN(CCC)C1CSc2cccc(-c3cc(C)no3)c2C1.CCCN(CCC)C1CSc2cccc(-c3onc(C)c3C)c2C1.CCCN(CCC)C1CSc2cccc(-c3oncc3C)c2C1. The smallest absolute Gasteiger partial charge is 0.170 e. The van der Waals surface area contributed by atoms with Crippen LogP contribution < -0.4 is 0 Å². The molecule has 3 aromatic heterocycles. The zero-order valence-corrected chi connectivity index (χ0v) is 46.4. The van der Waals surface area contributed by atoms with Crippen LogP contribution in [-0.2, 0) is 19.3 Å². The number of rotatable bonds is 18. The Morgan fingerprint density at radius 3 is 1.27 bits per heavy atom. The van der Waals surface area contributed by atoms with E-state index in [-0.39, 0.29) is 0 Å². The first kappa shape index (κ1) is 54.0. The fourth-order valence-corrected chi connectivity index (χ4v) is 14.1. The number of aryl methyl sites for hydroxylation is 3. The maximum atomic E-state index is 5.67. The first-order valence-corrected chi connectivity index (χ1v) is 29.3. The van der Waals surface area contributed by atoms with Crippen LogP contribution in [0.2, 0.25) is 0 Å². The van der Waals surface area contributed by atoms with Crippen molar-refractivity contribution in [3.8, 4) is 34.0 Å². The van der Waals surface area contributed by atoms with Crippen LogP contribution in [0.15, 0.2) is 95.1 Å². The second-order valence-corrected chi connectivity index (χ2v) is 22.5. The van der Waals surface area contributed by atoms with Gasteiger partial charge in [-0.3, -0.25) is 14.7 Å². The highest BCUT2D eigenvalue weighted by Crippen LogP contribution is 2.42. The van der Waals surface area contributed by atoms with Gasteiger partial charge in [0.15, 0.2) is 17.3 Å². The van der Waals surface area contributed by atoms with Crippen molar-refractivity contribution in [1.82, 2.24) is 30.2 Å². The molecule has 378 valence electrons. The van der Waals surface area contributed by atoms with Crippen LogP contribution in [0.4, 0.5) is 0 Å². The van der Waals surface area contributed by atoms with E-state index in [1.54, 1.807) is 0 Å². The molecule has 0 bridgehead atoms. The molecular formula is C58H80N6O3S3. The zero-order chi connectivity index (χ0) is 49.6. The Labute approximate surface area is 433 Å². The molecule has 3 aliphatic rings. The third-order valence-corrected chi connectivity index (χ3v) is 17.6. The van der Waals surface area contributed by atoms with Crippen molar-refractivity contribution in [2.75, 3.05) is 56.5 Å². The van der Waals surface area contributed by atoms with Gasteiger partial charge in [0.05, 0.1) is 17.6 Å². The van der Waals surface area contributed by atoms with Crippen LogP contribution in [0.3, 0.4) is 0 Å². The maximum absolute atomic E-state index is 5.67. The van der Waals surface area contributed by atoms with Crippen LogP contribution in [0.25, 0.3) is 34.0 Å². The minimum atomic E-state index is 0.618. The van der Waals surface area contributed by atoms with Crippen molar-refractivity contribution in [3.63, 3.8) is 0 Å². The molecule has 0 aliphatic carbocycles. The molecule has 0 fully saturated rings. The number of nitrogens with zero attached hydrogens (tertiary/aromatic N) is 6. The van der Waals surface area contributed by atoms with Crippen LogP contribution in [0.1, 0.15) is 119 Å². The van der Waals surface area contributed by atoms with Gasteiger partial charge in [0.2, 0.25) is 0 Å². The van der Waals surface area contributed by atoms with Crippen molar-refractivity contribution >= 4 is 35.3 Å². The van der Waals surface area contributed by atoms with Gasteiger partial charge in [-0.1, -0.05) is 93.4 Å². The molecule has 0 amide bonds. The summed E-state index contributed by atoms with van der Waals surface area (Å²) in [6, 6.07) is 23.6. The molecule has 9 rings (SSSR count). The Morgan fingerprint density at radius 1 is 0.500 bits per heavy atom. The molecule has 0 saturated carbocycles. The summed E-state index contributed by atoms with van der Waals surface area (Å²) in [5.41, 5.74) is 12.2. The summed E-state index contributed by atoms with van der Waals surface area (Å²) < 4.78 is 16.7. The third-order valence-electron chi connectivity index (χ3n) is 13.9. The number of thioether (sulfide) groups is 3. The summed E-state index contributed by atoms with van der Waals surface area (Å²) in [6.07, 6.45) is 12.4. The lowest BCUT2D eigenvalue weighted by Gasteiger charge is -2.35. The van der Waals surface area contributed by atoms with Crippen LogP contribution >= 0.6 is 35.3 Å². The van der Waals surface area contributed by atoms with Crippen LogP contribution in [-0.4, -0.2) is 105 Å². The summed E-state index contributed by atoms with van der Waals surface area (Å²) in [6.45, 7) is 29.0. The van der Waals surface area contributed by atoms with E-state index in [9.17, 15) is 0 Å². The van der Waals surface area contributed by atoms with Gasteiger partial charge in [-0.25, -0.2) is 0 Å². The first-order valence-electron chi connectivity index (χ1n) is 26.4. The molecule has 12 heteroatoms. The molecule has 70 heavy (non-hydrogen) atoms. The first-order chi connectivity index (χ1) is 34.1. The van der Waals surface area contributed by atoms with E-state index in [0.29, 0.717) is 18.1 Å². The molecule has 0 saturated heterocycles. The van der Waals surface area contributed by atoms with Gasteiger partial charge in [-0.05, 0) is 160 Å². The third kappa shape index (κ3) is 13.2. The molecule has 3 aliphatic heterocycles. The average molecular weight is 1010 g/mol. The van der Waals surface area contributed by atoms with E-state index in [4.69, 9.17) is 13.6 Å². The summed E-state index contributed by atoms with van der Waals surface area (Å²) >= 11 is 5.97. The molecule has 3 atom stereocenters. The molecule has 6 aromatic rings. The highest BCUT2D eigenvalue weighted by atomic mass is 32.2. The minimum absolute atomic E-state index is 0.618. The van der Waals surface area contributed by atoms with Gasteiger partial charge in [0.1, 0.15) is 0 Å². The lowest BCUT2D eigenvalue weighted by molar-refractivity contribution is 0.209. The zero-order valence-electron chi connectivity index (χ0n) is 43.9. The largest absolute Gasteiger partial charge is 0.356 e. The summed E-state index contributed by atoms with van der Waals surface area (Å²) in [5.74, 6) is 6.34. The highest BCUT2D eigenvalue weighted by Gasteiger charge is 2.30. The van der Waals surface area contributed by atoms with Crippen molar-refractivity contribution in [1.29, 1.82) is 0 Å². The lowest BCUT2D eigenvalue weighted by atomic mass is 9.96. The monoisotopic (exact) mass is 1000 g/mol. The van der Waals surface area contributed by atoms with E-state index < -0.39 is 0 Å². The van der Waals surface area contributed by atoms with E-state index >= 15 is 0 Å². The van der Waals surface area contributed by atoms with E-state index in [2.05, 4.69) is 140 Å². The van der Waals surface area contributed by atoms with Crippen molar-refractivity contribution in [3.05, 3.63) is 106 Å². The maximum Gasteiger partial charge on any atom is 0.170 e. The van der Waals surface area contributed by atoms with Gasteiger partial charge in [-0.15, -0.1) is 35.3 Å². The fourth-order valence-electron chi connectivity index (χ4n) is 10.4. The van der Waals surface area contributed by atoms with Crippen molar-refractivity contribution < 1.29 is 13.6 Å². The number of benzene rings is 3. The molecule has 6 heterocycles. The average Bonchev–Trinajstić information content (AvgIpc) is 4.11. The van der Waals surface area contributed by atoms with Crippen molar-refractivity contribution in [2.24, 2.45) is 0 Å².